The Kier molecular flexibility index (Phi) is 8.15. The summed E-state index contributed by atoms with van der Waals surface area (Å²) in [6.07, 6.45) is 5.92. The van der Waals surface area contributed by atoms with Gasteiger partial charge in [-0.25, -0.2) is 9.78 Å². The lowest BCUT2D eigenvalue weighted by Crippen LogP contribution is -2.14. The molecule has 1 aliphatic rings. The molecule has 0 bridgehead atoms. The molecular formula is C35H33ClN2O4. The van der Waals surface area contributed by atoms with Crippen molar-refractivity contribution < 1.29 is 19.0 Å². The molecule has 1 heterocycles. The summed E-state index contributed by atoms with van der Waals surface area (Å²) in [4.78, 5) is 17.2. The summed E-state index contributed by atoms with van der Waals surface area (Å²) in [5.41, 5.74) is 6.49. The Balaban J connectivity index is 1.29. The van der Waals surface area contributed by atoms with Crippen LogP contribution in [0, 0.1) is 0 Å². The quantitative estimate of drug-likeness (QED) is 0.171. The van der Waals surface area contributed by atoms with Gasteiger partial charge in [0.1, 0.15) is 23.9 Å². The fraction of sp³-hybridized carbons (Fsp3) is 0.257. The highest BCUT2D eigenvalue weighted by molar-refractivity contribution is 6.30. The van der Waals surface area contributed by atoms with Gasteiger partial charge in [-0.15, -0.1) is 0 Å². The Bertz CT molecular complexity index is 1700. The van der Waals surface area contributed by atoms with E-state index in [2.05, 4.69) is 16.7 Å². The van der Waals surface area contributed by atoms with E-state index < -0.39 is 0 Å². The zero-order valence-corrected chi connectivity index (χ0v) is 24.6. The minimum Gasteiger partial charge on any atom is -0.497 e. The number of benzene rings is 4. The summed E-state index contributed by atoms with van der Waals surface area (Å²) in [5, 5.41) is 0.700. The van der Waals surface area contributed by atoms with E-state index in [9.17, 15) is 4.79 Å². The topological polar surface area (TPSA) is 62.6 Å². The van der Waals surface area contributed by atoms with E-state index in [1.54, 1.807) is 7.11 Å². The van der Waals surface area contributed by atoms with E-state index in [1.807, 2.05) is 72.8 Å². The number of ether oxygens (including phenoxy) is 3. The molecule has 0 atom stereocenters. The van der Waals surface area contributed by atoms with Crippen molar-refractivity contribution in [3.8, 4) is 34.0 Å². The molecule has 0 saturated heterocycles. The van der Waals surface area contributed by atoms with Crippen molar-refractivity contribution in [2.45, 2.75) is 44.8 Å². The first-order valence-corrected chi connectivity index (χ1v) is 14.7. The van der Waals surface area contributed by atoms with Gasteiger partial charge in [0, 0.05) is 22.2 Å². The van der Waals surface area contributed by atoms with E-state index in [0.29, 0.717) is 23.2 Å². The molecule has 6 rings (SSSR count). The maximum absolute atomic E-state index is 12.2. The van der Waals surface area contributed by atoms with Gasteiger partial charge < -0.3 is 18.8 Å². The molecular weight excluding hydrogens is 548 g/mol. The van der Waals surface area contributed by atoms with Crippen LogP contribution in [0.1, 0.15) is 54.1 Å². The fourth-order valence-electron chi connectivity index (χ4n) is 5.84. The number of carbonyl (C=O) groups is 1. The molecule has 0 spiro atoms. The highest BCUT2D eigenvalue weighted by Gasteiger charge is 2.23. The normalized spacial score (nSPS) is 13.7. The van der Waals surface area contributed by atoms with Crippen LogP contribution < -0.4 is 9.47 Å². The van der Waals surface area contributed by atoms with Crippen LogP contribution in [0.2, 0.25) is 5.02 Å². The predicted octanol–water partition coefficient (Wildman–Crippen LogP) is 8.90. The Hall–Kier alpha value is -4.29. The number of imidazole rings is 1. The molecule has 0 amide bonds. The maximum atomic E-state index is 12.2. The Morgan fingerprint density at radius 3 is 2.29 bits per heavy atom. The first kappa shape index (κ1) is 27.9. The summed E-state index contributed by atoms with van der Waals surface area (Å²) in [6.45, 7) is 0.380. The number of halogens is 1. The number of hydrogen-bond acceptors (Lipinski definition) is 5. The van der Waals surface area contributed by atoms with Crippen molar-refractivity contribution in [2.24, 2.45) is 0 Å². The SMILES string of the molecule is COC(=O)c1ccc2c(c1)nc(-c1ccc(OCc3cc(OC)ccc3-c3ccc(Cl)cc3)cc1)n2C1CCCCC1. The van der Waals surface area contributed by atoms with E-state index in [-0.39, 0.29) is 5.97 Å². The predicted molar refractivity (Wildman–Crippen MR) is 166 cm³/mol. The standard InChI is InChI=1S/C35H33ClN2O4/c1-40-30-17-18-31(23-8-13-27(36)14-9-23)26(20-30)22-42-29-15-10-24(11-16-29)34-37-32-21-25(35(39)41-2)12-19-33(32)38(34)28-6-4-3-5-7-28/h8-21,28H,3-7,22H2,1-2H3. The molecule has 1 saturated carbocycles. The van der Waals surface area contributed by atoms with Gasteiger partial charge in [-0.1, -0.05) is 49.1 Å². The van der Waals surface area contributed by atoms with E-state index in [1.165, 1.54) is 26.4 Å². The van der Waals surface area contributed by atoms with Crippen LogP contribution in [0.25, 0.3) is 33.5 Å². The number of nitrogens with zero attached hydrogens (tertiary/aromatic N) is 2. The third kappa shape index (κ3) is 5.72. The second kappa shape index (κ2) is 12.3. The first-order valence-electron chi connectivity index (χ1n) is 14.3. The summed E-state index contributed by atoms with van der Waals surface area (Å²) in [7, 11) is 3.06. The van der Waals surface area contributed by atoms with Crippen molar-refractivity contribution >= 4 is 28.6 Å². The summed E-state index contributed by atoms with van der Waals surface area (Å²) in [6, 6.07) is 27.9. The number of fused-ring (bicyclic) bond motifs is 1. The van der Waals surface area contributed by atoms with Gasteiger partial charge >= 0.3 is 5.97 Å². The van der Waals surface area contributed by atoms with Crippen molar-refractivity contribution in [1.82, 2.24) is 9.55 Å². The summed E-state index contributed by atoms with van der Waals surface area (Å²) < 4.78 is 19.1. The van der Waals surface area contributed by atoms with Crippen molar-refractivity contribution in [3.05, 3.63) is 101 Å². The highest BCUT2D eigenvalue weighted by Crippen LogP contribution is 2.37. The smallest absolute Gasteiger partial charge is 0.337 e. The molecule has 6 nitrogen and oxygen atoms in total. The van der Waals surface area contributed by atoms with Crippen molar-refractivity contribution in [1.29, 1.82) is 0 Å². The molecule has 0 radical (unpaired) electrons. The lowest BCUT2D eigenvalue weighted by molar-refractivity contribution is 0.0601. The van der Waals surface area contributed by atoms with Crippen molar-refractivity contribution in [3.63, 3.8) is 0 Å². The lowest BCUT2D eigenvalue weighted by atomic mass is 9.95. The molecule has 0 aliphatic heterocycles. The average molecular weight is 581 g/mol. The first-order chi connectivity index (χ1) is 20.5. The molecule has 0 unspecified atom stereocenters. The Morgan fingerprint density at radius 1 is 0.857 bits per heavy atom. The van der Waals surface area contributed by atoms with E-state index in [4.69, 9.17) is 30.8 Å². The third-order valence-corrected chi connectivity index (χ3v) is 8.28. The van der Waals surface area contributed by atoms with Gasteiger partial charge in [-0.2, -0.15) is 0 Å². The minimum absolute atomic E-state index is 0.359. The van der Waals surface area contributed by atoms with Gasteiger partial charge in [0.25, 0.3) is 0 Å². The highest BCUT2D eigenvalue weighted by atomic mass is 35.5. The molecule has 214 valence electrons. The third-order valence-electron chi connectivity index (χ3n) is 8.02. The Labute approximate surface area is 250 Å². The Morgan fingerprint density at radius 2 is 1.57 bits per heavy atom. The van der Waals surface area contributed by atoms with Crippen LogP contribution in [0.3, 0.4) is 0 Å². The molecule has 42 heavy (non-hydrogen) atoms. The van der Waals surface area contributed by atoms with E-state index >= 15 is 0 Å². The van der Waals surface area contributed by atoms with Crippen LogP contribution in [0.5, 0.6) is 11.5 Å². The number of hydrogen-bond donors (Lipinski definition) is 0. The zero-order chi connectivity index (χ0) is 29.1. The molecule has 4 aromatic carbocycles. The molecule has 0 N–H and O–H groups in total. The molecule has 1 aliphatic carbocycles. The average Bonchev–Trinajstić information content (AvgIpc) is 3.43. The zero-order valence-electron chi connectivity index (χ0n) is 23.8. The van der Waals surface area contributed by atoms with Gasteiger partial charge in [-0.3, -0.25) is 0 Å². The van der Waals surface area contributed by atoms with Gasteiger partial charge in [0.05, 0.1) is 30.8 Å². The van der Waals surface area contributed by atoms with Gasteiger partial charge in [0.15, 0.2) is 0 Å². The van der Waals surface area contributed by atoms with Crippen molar-refractivity contribution in [2.75, 3.05) is 14.2 Å². The summed E-state index contributed by atoms with van der Waals surface area (Å²) >= 11 is 6.12. The fourth-order valence-corrected chi connectivity index (χ4v) is 5.97. The number of aromatic nitrogens is 2. The second-order valence-corrected chi connectivity index (χ2v) is 11.1. The van der Waals surface area contributed by atoms with E-state index in [0.717, 1.165) is 63.5 Å². The van der Waals surface area contributed by atoms with Crippen LogP contribution in [0.4, 0.5) is 0 Å². The van der Waals surface area contributed by atoms with Gasteiger partial charge in [-0.05, 0) is 90.7 Å². The summed E-state index contributed by atoms with van der Waals surface area (Å²) in [5.74, 6) is 2.08. The lowest BCUT2D eigenvalue weighted by Gasteiger charge is -2.25. The molecule has 5 aromatic rings. The monoisotopic (exact) mass is 580 g/mol. The maximum Gasteiger partial charge on any atom is 0.337 e. The number of carbonyl (C=O) groups excluding carboxylic acids is 1. The number of methoxy groups -OCH3 is 2. The molecule has 1 aromatic heterocycles. The van der Waals surface area contributed by atoms with Crippen LogP contribution >= 0.6 is 11.6 Å². The van der Waals surface area contributed by atoms with Gasteiger partial charge in [0.2, 0.25) is 0 Å². The largest absolute Gasteiger partial charge is 0.497 e. The molecule has 1 fully saturated rings. The number of rotatable bonds is 8. The minimum atomic E-state index is -0.359. The van der Waals surface area contributed by atoms with Crippen LogP contribution in [0.15, 0.2) is 84.9 Å². The number of esters is 1. The molecule has 7 heteroatoms. The van der Waals surface area contributed by atoms with Crippen LogP contribution in [-0.2, 0) is 11.3 Å². The second-order valence-electron chi connectivity index (χ2n) is 10.6. The van der Waals surface area contributed by atoms with Crippen LogP contribution in [-0.4, -0.2) is 29.7 Å².